The van der Waals surface area contributed by atoms with Crippen molar-refractivity contribution in [3.8, 4) is 17.2 Å². The van der Waals surface area contributed by atoms with Crippen LogP contribution < -0.4 is 10.1 Å². The van der Waals surface area contributed by atoms with Gasteiger partial charge in [0.05, 0.1) is 18.1 Å². The fourth-order valence-corrected chi connectivity index (χ4v) is 2.94. The molecule has 160 valence electrons. The lowest BCUT2D eigenvalue weighted by molar-refractivity contribution is -0.142. The molecule has 1 amide bonds. The number of halogens is 2. The number of phenolic OH excluding ortho intramolecular Hbond substituents is 1. The molecule has 8 heteroatoms. The molecule has 6 nitrogen and oxygen atoms in total. The van der Waals surface area contributed by atoms with Gasteiger partial charge in [-0.15, -0.1) is 0 Å². The Bertz CT molecular complexity index is 1100. The first-order valence-electron chi connectivity index (χ1n) is 9.37. The Morgan fingerprint density at radius 2 is 1.81 bits per heavy atom. The summed E-state index contributed by atoms with van der Waals surface area (Å²) in [5, 5.41) is 12.2. The average molecular weight is 444 g/mol. The number of rotatable bonds is 7. The molecule has 3 rings (SSSR count). The first-order chi connectivity index (χ1) is 14.9. The van der Waals surface area contributed by atoms with Gasteiger partial charge in [-0.1, -0.05) is 17.7 Å². The number of amides is 1. The van der Waals surface area contributed by atoms with Gasteiger partial charge >= 0.3 is 5.97 Å². The highest BCUT2D eigenvalue weighted by molar-refractivity contribution is 6.32. The van der Waals surface area contributed by atoms with E-state index < -0.39 is 17.5 Å². The molecule has 0 aliphatic rings. The third-order valence-electron chi connectivity index (χ3n) is 4.20. The van der Waals surface area contributed by atoms with E-state index in [0.29, 0.717) is 34.4 Å². The van der Waals surface area contributed by atoms with Crippen molar-refractivity contribution < 1.29 is 28.6 Å². The molecule has 0 saturated heterocycles. The molecule has 3 aromatic rings. The Kier molecular flexibility index (Phi) is 7.10. The van der Waals surface area contributed by atoms with Gasteiger partial charge in [0, 0.05) is 11.3 Å². The van der Waals surface area contributed by atoms with Crippen LogP contribution in [0.25, 0.3) is 0 Å². The largest absolute Gasteiger partial charge is 0.505 e. The number of ether oxygens (including phenoxy) is 2. The van der Waals surface area contributed by atoms with Crippen LogP contribution in [-0.4, -0.2) is 23.6 Å². The number of hydrogen-bond acceptors (Lipinski definition) is 5. The minimum absolute atomic E-state index is 0.0744. The summed E-state index contributed by atoms with van der Waals surface area (Å²) in [6, 6.07) is 14.9. The zero-order chi connectivity index (χ0) is 22.4. The van der Waals surface area contributed by atoms with Crippen LogP contribution in [0.1, 0.15) is 22.8 Å². The summed E-state index contributed by atoms with van der Waals surface area (Å²) >= 11 is 6.25. The first-order valence-corrected chi connectivity index (χ1v) is 9.75. The monoisotopic (exact) mass is 443 g/mol. The normalized spacial score (nSPS) is 10.4. The smallest absolute Gasteiger partial charge is 0.310 e. The summed E-state index contributed by atoms with van der Waals surface area (Å²) in [7, 11) is 0. The number of nitrogens with one attached hydrogen (secondary N) is 1. The molecule has 0 atom stereocenters. The SMILES string of the molecule is CCOC(=O)Cc1ccc(Oc2ccc(NC(=O)c3ccc(O)c(F)c3)cc2)c(Cl)c1. The molecule has 2 N–H and O–H groups in total. The summed E-state index contributed by atoms with van der Waals surface area (Å²) in [6.07, 6.45) is 0.118. The van der Waals surface area contributed by atoms with Gasteiger partial charge in [0.25, 0.3) is 5.91 Å². The number of esters is 1. The number of phenols is 1. The second-order valence-corrected chi connectivity index (χ2v) is 6.90. The molecule has 31 heavy (non-hydrogen) atoms. The average Bonchev–Trinajstić information content (AvgIpc) is 2.73. The highest BCUT2D eigenvalue weighted by atomic mass is 35.5. The fraction of sp³-hybridized carbons (Fsp3) is 0.130. The second-order valence-electron chi connectivity index (χ2n) is 6.49. The highest BCUT2D eigenvalue weighted by Gasteiger charge is 2.11. The van der Waals surface area contributed by atoms with E-state index in [0.717, 1.165) is 12.1 Å². The molecule has 3 aromatic carbocycles. The van der Waals surface area contributed by atoms with Crippen LogP contribution in [0.3, 0.4) is 0 Å². The number of hydrogen-bond donors (Lipinski definition) is 2. The predicted molar refractivity (Wildman–Crippen MR) is 114 cm³/mol. The van der Waals surface area contributed by atoms with Gasteiger partial charge in [-0.3, -0.25) is 9.59 Å². The molecule has 0 bridgehead atoms. The van der Waals surface area contributed by atoms with Crippen molar-refractivity contribution in [2.75, 3.05) is 11.9 Å². The lowest BCUT2D eigenvalue weighted by Crippen LogP contribution is -2.11. The topological polar surface area (TPSA) is 84.9 Å². The maximum Gasteiger partial charge on any atom is 0.310 e. The van der Waals surface area contributed by atoms with Crippen molar-refractivity contribution in [1.82, 2.24) is 0 Å². The van der Waals surface area contributed by atoms with Crippen molar-refractivity contribution in [1.29, 1.82) is 0 Å². The summed E-state index contributed by atoms with van der Waals surface area (Å²) < 4.78 is 24.1. The summed E-state index contributed by atoms with van der Waals surface area (Å²) in [5.41, 5.74) is 1.26. The molecule has 0 radical (unpaired) electrons. The van der Waals surface area contributed by atoms with Crippen LogP contribution in [0, 0.1) is 5.82 Å². The number of benzene rings is 3. The molecule has 0 heterocycles. The van der Waals surface area contributed by atoms with Crippen molar-refractivity contribution in [3.05, 3.63) is 82.6 Å². The Morgan fingerprint density at radius 3 is 2.45 bits per heavy atom. The summed E-state index contributed by atoms with van der Waals surface area (Å²) in [6.45, 7) is 2.06. The van der Waals surface area contributed by atoms with Crippen LogP contribution in [-0.2, 0) is 16.0 Å². The maximum atomic E-state index is 13.4. The molecular formula is C23H19ClFNO5. The van der Waals surface area contributed by atoms with E-state index in [2.05, 4.69) is 5.32 Å². The van der Waals surface area contributed by atoms with Gasteiger partial charge in [0.15, 0.2) is 11.6 Å². The Morgan fingerprint density at radius 1 is 1.06 bits per heavy atom. The Balaban J connectivity index is 1.63. The van der Waals surface area contributed by atoms with Crippen LogP contribution in [0.5, 0.6) is 17.2 Å². The molecule has 0 unspecified atom stereocenters. The van der Waals surface area contributed by atoms with Crippen LogP contribution >= 0.6 is 11.6 Å². The van der Waals surface area contributed by atoms with Gasteiger partial charge in [-0.25, -0.2) is 4.39 Å². The number of aromatic hydroxyl groups is 1. The van der Waals surface area contributed by atoms with Gasteiger partial charge in [-0.2, -0.15) is 0 Å². The molecule has 0 aliphatic carbocycles. The summed E-state index contributed by atoms with van der Waals surface area (Å²) in [5.74, 6) is -1.36. The van der Waals surface area contributed by atoms with Gasteiger partial charge in [-0.05, 0) is 67.1 Å². The van der Waals surface area contributed by atoms with E-state index in [4.69, 9.17) is 21.1 Å². The van der Waals surface area contributed by atoms with E-state index >= 15 is 0 Å². The standard InChI is InChI=1S/C23H19ClFNO5/c1-2-30-22(28)12-14-3-10-21(18(24)11-14)31-17-7-5-16(6-8-17)26-23(29)15-4-9-20(27)19(25)13-15/h3-11,13,27H,2,12H2,1H3,(H,26,29). The van der Waals surface area contributed by atoms with Crippen LogP contribution in [0.15, 0.2) is 60.7 Å². The molecule has 0 saturated carbocycles. The van der Waals surface area contributed by atoms with Crippen LogP contribution in [0.2, 0.25) is 5.02 Å². The van der Waals surface area contributed by atoms with Crippen molar-refractivity contribution in [2.24, 2.45) is 0 Å². The quantitative estimate of drug-likeness (QED) is 0.482. The molecule has 0 aliphatic heterocycles. The van der Waals surface area contributed by atoms with E-state index in [1.807, 2.05) is 0 Å². The minimum atomic E-state index is -0.874. The lowest BCUT2D eigenvalue weighted by atomic mass is 10.1. The minimum Gasteiger partial charge on any atom is -0.505 e. The number of carbonyl (C=O) groups excluding carboxylic acids is 2. The predicted octanol–water partition coefficient (Wildman–Crippen LogP) is 5.33. The maximum absolute atomic E-state index is 13.4. The van der Waals surface area contributed by atoms with Gasteiger partial charge < -0.3 is 19.9 Å². The molecular weight excluding hydrogens is 425 g/mol. The Labute approximate surface area is 183 Å². The fourth-order valence-electron chi connectivity index (χ4n) is 2.70. The van der Waals surface area contributed by atoms with Crippen LogP contribution in [0.4, 0.5) is 10.1 Å². The highest BCUT2D eigenvalue weighted by Crippen LogP contribution is 2.31. The van der Waals surface area contributed by atoms with Gasteiger partial charge in [0.2, 0.25) is 0 Å². The molecule has 0 aromatic heterocycles. The third-order valence-corrected chi connectivity index (χ3v) is 4.50. The van der Waals surface area contributed by atoms with E-state index in [1.54, 1.807) is 49.4 Å². The van der Waals surface area contributed by atoms with E-state index in [9.17, 15) is 19.1 Å². The molecule has 0 spiro atoms. The lowest BCUT2D eigenvalue weighted by Gasteiger charge is -2.10. The Hall–Kier alpha value is -3.58. The van der Waals surface area contributed by atoms with E-state index in [1.165, 1.54) is 6.07 Å². The summed E-state index contributed by atoms with van der Waals surface area (Å²) in [4.78, 5) is 23.8. The van der Waals surface area contributed by atoms with E-state index in [-0.39, 0.29) is 18.0 Å². The van der Waals surface area contributed by atoms with Crippen molar-refractivity contribution >= 4 is 29.2 Å². The van der Waals surface area contributed by atoms with Crippen molar-refractivity contribution in [2.45, 2.75) is 13.3 Å². The molecule has 0 fully saturated rings. The number of carbonyl (C=O) groups is 2. The number of anilines is 1. The zero-order valence-electron chi connectivity index (χ0n) is 16.5. The second kappa shape index (κ2) is 9.95. The third kappa shape index (κ3) is 5.96. The van der Waals surface area contributed by atoms with Crippen molar-refractivity contribution in [3.63, 3.8) is 0 Å². The van der Waals surface area contributed by atoms with Gasteiger partial charge in [0.1, 0.15) is 11.5 Å². The first kappa shape index (κ1) is 22.1. The zero-order valence-corrected chi connectivity index (χ0v) is 17.3.